The van der Waals surface area contributed by atoms with E-state index in [0.29, 0.717) is 11.1 Å². The molecule has 2 aromatic rings. The Balaban J connectivity index is 2.43. The molecule has 0 bridgehead atoms. The second-order valence-corrected chi connectivity index (χ2v) is 4.46. The van der Waals surface area contributed by atoms with Crippen molar-refractivity contribution in [2.75, 3.05) is 0 Å². The van der Waals surface area contributed by atoms with E-state index in [1.165, 1.54) is 43.3 Å². The Hall–Kier alpha value is -2.38. The topological polar surface area (TPSA) is 50.1 Å². The quantitative estimate of drug-likeness (QED) is 0.790. The van der Waals surface area contributed by atoms with E-state index in [0.717, 1.165) is 0 Å². The normalized spacial score (nSPS) is 9.90. The highest BCUT2D eigenvalue weighted by molar-refractivity contribution is 6.30. The third kappa shape index (κ3) is 2.95. The van der Waals surface area contributed by atoms with Crippen LogP contribution in [0.4, 0.5) is 4.39 Å². The van der Waals surface area contributed by atoms with Gasteiger partial charge in [-0.1, -0.05) is 11.6 Å². The summed E-state index contributed by atoms with van der Waals surface area (Å²) < 4.78 is 18.6. The van der Waals surface area contributed by atoms with Gasteiger partial charge in [0, 0.05) is 6.07 Å². The van der Waals surface area contributed by atoms with Gasteiger partial charge in [0.2, 0.25) is 0 Å². The summed E-state index contributed by atoms with van der Waals surface area (Å²) in [6.07, 6.45) is 0. The Morgan fingerprint density at radius 2 is 2.05 bits per heavy atom. The summed E-state index contributed by atoms with van der Waals surface area (Å²) in [6, 6.07) is 10.3. The lowest BCUT2D eigenvalue weighted by molar-refractivity contribution is 0.101. The largest absolute Gasteiger partial charge is 0.457 e. The van der Waals surface area contributed by atoms with E-state index >= 15 is 0 Å². The molecule has 5 heteroatoms. The Morgan fingerprint density at radius 1 is 1.30 bits per heavy atom. The van der Waals surface area contributed by atoms with Crippen molar-refractivity contribution >= 4 is 17.4 Å². The first-order chi connectivity index (χ1) is 9.51. The molecule has 0 spiro atoms. The van der Waals surface area contributed by atoms with Crippen molar-refractivity contribution in [1.82, 2.24) is 0 Å². The SMILES string of the molecule is CC(=O)c1ccc(C#N)cc1Oc1ccc(F)c(Cl)c1. The van der Waals surface area contributed by atoms with Crippen LogP contribution in [-0.2, 0) is 0 Å². The molecule has 0 saturated carbocycles. The van der Waals surface area contributed by atoms with Gasteiger partial charge in [-0.15, -0.1) is 0 Å². The molecule has 2 aromatic carbocycles. The predicted octanol–water partition coefficient (Wildman–Crippen LogP) is 4.35. The van der Waals surface area contributed by atoms with Crippen LogP contribution < -0.4 is 4.74 Å². The first kappa shape index (κ1) is 14.0. The van der Waals surface area contributed by atoms with Gasteiger partial charge in [-0.3, -0.25) is 4.79 Å². The monoisotopic (exact) mass is 289 g/mol. The van der Waals surface area contributed by atoms with E-state index in [4.69, 9.17) is 21.6 Å². The third-order valence-corrected chi connectivity index (χ3v) is 2.90. The van der Waals surface area contributed by atoms with Crippen LogP contribution in [0.25, 0.3) is 0 Å². The maximum atomic E-state index is 13.1. The Morgan fingerprint density at radius 3 is 2.65 bits per heavy atom. The molecule has 0 heterocycles. The summed E-state index contributed by atoms with van der Waals surface area (Å²) >= 11 is 5.67. The van der Waals surface area contributed by atoms with Crippen molar-refractivity contribution in [3.63, 3.8) is 0 Å². The summed E-state index contributed by atoms with van der Waals surface area (Å²) in [6.45, 7) is 1.39. The molecule has 0 radical (unpaired) electrons. The van der Waals surface area contributed by atoms with E-state index in [9.17, 15) is 9.18 Å². The van der Waals surface area contributed by atoms with Crippen molar-refractivity contribution in [2.45, 2.75) is 6.92 Å². The van der Waals surface area contributed by atoms with Gasteiger partial charge < -0.3 is 4.74 Å². The molecule has 100 valence electrons. The van der Waals surface area contributed by atoms with E-state index < -0.39 is 5.82 Å². The molecule has 0 aliphatic carbocycles. The molecule has 0 unspecified atom stereocenters. The van der Waals surface area contributed by atoms with Crippen LogP contribution in [0.2, 0.25) is 5.02 Å². The van der Waals surface area contributed by atoms with Gasteiger partial charge in [0.25, 0.3) is 0 Å². The highest BCUT2D eigenvalue weighted by atomic mass is 35.5. The number of nitrogens with zero attached hydrogens (tertiary/aromatic N) is 1. The number of halogens is 2. The molecule has 0 amide bonds. The molecular formula is C15H9ClFNO2. The average molecular weight is 290 g/mol. The number of ether oxygens (including phenoxy) is 1. The first-order valence-electron chi connectivity index (χ1n) is 5.69. The minimum atomic E-state index is -0.559. The summed E-state index contributed by atoms with van der Waals surface area (Å²) in [5, 5.41) is 8.80. The molecule has 0 saturated heterocycles. The molecule has 0 aliphatic rings. The fourth-order valence-corrected chi connectivity index (χ4v) is 1.81. The number of hydrogen-bond acceptors (Lipinski definition) is 3. The average Bonchev–Trinajstić information content (AvgIpc) is 2.42. The van der Waals surface area contributed by atoms with Crippen molar-refractivity contribution in [2.24, 2.45) is 0 Å². The highest BCUT2D eigenvalue weighted by Gasteiger charge is 2.11. The zero-order valence-electron chi connectivity index (χ0n) is 10.5. The predicted molar refractivity (Wildman–Crippen MR) is 72.6 cm³/mol. The highest BCUT2D eigenvalue weighted by Crippen LogP contribution is 2.29. The van der Waals surface area contributed by atoms with Crippen LogP contribution in [-0.4, -0.2) is 5.78 Å². The fourth-order valence-electron chi connectivity index (χ4n) is 1.63. The first-order valence-corrected chi connectivity index (χ1v) is 6.07. The van der Waals surface area contributed by atoms with E-state index in [1.807, 2.05) is 6.07 Å². The van der Waals surface area contributed by atoms with Gasteiger partial charge in [-0.05, 0) is 37.3 Å². The smallest absolute Gasteiger partial charge is 0.163 e. The number of benzene rings is 2. The third-order valence-electron chi connectivity index (χ3n) is 2.61. The number of rotatable bonds is 3. The second kappa shape index (κ2) is 5.72. The molecular weight excluding hydrogens is 281 g/mol. The second-order valence-electron chi connectivity index (χ2n) is 4.06. The summed E-state index contributed by atoms with van der Waals surface area (Å²) in [5.74, 6) is -0.234. The molecule has 0 aromatic heterocycles. The van der Waals surface area contributed by atoms with Gasteiger partial charge >= 0.3 is 0 Å². The fraction of sp³-hybridized carbons (Fsp3) is 0.0667. The molecule has 3 nitrogen and oxygen atoms in total. The van der Waals surface area contributed by atoms with E-state index in [1.54, 1.807) is 0 Å². The van der Waals surface area contributed by atoms with Gasteiger partial charge in [-0.25, -0.2) is 4.39 Å². The van der Waals surface area contributed by atoms with Crippen molar-refractivity contribution < 1.29 is 13.9 Å². The minimum absolute atomic E-state index is 0.0803. The molecule has 0 N–H and O–H groups in total. The lowest BCUT2D eigenvalue weighted by Gasteiger charge is -2.10. The Labute approximate surface area is 120 Å². The van der Waals surface area contributed by atoms with Crippen molar-refractivity contribution in [1.29, 1.82) is 5.26 Å². The summed E-state index contributed by atoms with van der Waals surface area (Å²) in [7, 11) is 0. The maximum absolute atomic E-state index is 13.1. The van der Waals surface area contributed by atoms with E-state index in [-0.39, 0.29) is 22.3 Å². The summed E-state index contributed by atoms with van der Waals surface area (Å²) in [5.41, 5.74) is 0.697. The van der Waals surface area contributed by atoms with Crippen LogP contribution >= 0.6 is 11.6 Å². The van der Waals surface area contributed by atoms with E-state index in [2.05, 4.69) is 0 Å². The van der Waals surface area contributed by atoms with Gasteiger partial charge in [0.1, 0.15) is 17.3 Å². The van der Waals surface area contributed by atoms with Gasteiger partial charge in [0.15, 0.2) is 5.78 Å². The zero-order valence-corrected chi connectivity index (χ0v) is 11.2. The van der Waals surface area contributed by atoms with Crippen molar-refractivity contribution in [3.05, 3.63) is 58.4 Å². The molecule has 0 aliphatic heterocycles. The molecule has 20 heavy (non-hydrogen) atoms. The van der Waals surface area contributed by atoms with Crippen LogP contribution in [0.15, 0.2) is 36.4 Å². The number of carbonyl (C=O) groups excluding carboxylic acids is 1. The maximum Gasteiger partial charge on any atom is 0.163 e. The minimum Gasteiger partial charge on any atom is -0.457 e. The van der Waals surface area contributed by atoms with Gasteiger partial charge in [0.05, 0.1) is 22.2 Å². The number of Topliss-reactive ketones (excluding diaryl/α,β-unsaturated/α-hetero) is 1. The van der Waals surface area contributed by atoms with Crippen LogP contribution in [0.1, 0.15) is 22.8 Å². The number of carbonyl (C=O) groups is 1. The van der Waals surface area contributed by atoms with Crippen molar-refractivity contribution in [3.8, 4) is 17.6 Å². The standard InChI is InChI=1S/C15H9ClFNO2/c1-9(19)12-4-2-10(8-18)6-15(12)20-11-3-5-14(17)13(16)7-11/h2-7H,1H3. The molecule has 0 fully saturated rings. The Bertz CT molecular complexity index is 722. The van der Waals surface area contributed by atoms with Gasteiger partial charge in [-0.2, -0.15) is 5.26 Å². The van der Waals surface area contributed by atoms with Crippen LogP contribution in [0, 0.1) is 17.1 Å². The van der Waals surface area contributed by atoms with Crippen LogP contribution in [0.3, 0.4) is 0 Å². The lowest BCUT2D eigenvalue weighted by Crippen LogP contribution is -1.98. The number of hydrogen-bond donors (Lipinski definition) is 0. The lowest BCUT2D eigenvalue weighted by atomic mass is 10.1. The number of nitriles is 1. The summed E-state index contributed by atoms with van der Waals surface area (Å²) in [4.78, 5) is 11.5. The van der Waals surface area contributed by atoms with Crippen LogP contribution in [0.5, 0.6) is 11.5 Å². The zero-order chi connectivity index (χ0) is 14.7. The number of ketones is 1. The molecule has 0 atom stereocenters. The molecule has 2 rings (SSSR count). The Kier molecular flexibility index (Phi) is 4.02.